The van der Waals surface area contributed by atoms with E-state index in [0.29, 0.717) is 12.1 Å². The van der Waals surface area contributed by atoms with Crippen molar-refractivity contribution in [3.05, 3.63) is 0 Å². The van der Waals surface area contributed by atoms with E-state index >= 15 is 0 Å². The Morgan fingerprint density at radius 1 is 1.31 bits per heavy atom. The third kappa shape index (κ3) is 4.78. The number of morpholine rings is 1. The predicted molar refractivity (Wildman–Crippen MR) is 67.9 cm³/mol. The largest absolute Gasteiger partial charge is 0.374 e. The van der Waals surface area contributed by atoms with Crippen molar-refractivity contribution in [3.63, 3.8) is 0 Å². The molecule has 1 fully saturated rings. The quantitative estimate of drug-likeness (QED) is 0.706. The van der Waals surface area contributed by atoms with Crippen LogP contribution in [0.1, 0.15) is 13.3 Å². The molecule has 96 valence electrons. The fourth-order valence-electron chi connectivity index (χ4n) is 2.02. The maximum absolute atomic E-state index is 5.77. The van der Waals surface area contributed by atoms with Gasteiger partial charge in [0.25, 0.3) is 0 Å². The van der Waals surface area contributed by atoms with Crippen LogP contribution >= 0.6 is 0 Å². The first-order chi connectivity index (χ1) is 7.61. The SMILES string of the molecule is CC(C1CNCCO1)N(C)CCCN(C)C. The summed E-state index contributed by atoms with van der Waals surface area (Å²) >= 11 is 0. The second-order valence-corrected chi connectivity index (χ2v) is 4.99. The highest BCUT2D eigenvalue weighted by atomic mass is 16.5. The van der Waals surface area contributed by atoms with Gasteiger partial charge in [-0.2, -0.15) is 0 Å². The number of hydrogen-bond donors (Lipinski definition) is 1. The molecule has 2 atom stereocenters. The summed E-state index contributed by atoms with van der Waals surface area (Å²) in [7, 11) is 6.44. The standard InChI is InChI=1S/C12H27N3O/c1-11(12-10-13-6-9-16-12)15(4)8-5-7-14(2)3/h11-13H,5-10H2,1-4H3. The summed E-state index contributed by atoms with van der Waals surface area (Å²) in [5, 5.41) is 3.39. The van der Waals surface area contributed by atoms with Crippen LogP contribution in [0.4, 0.5) is 0 Å². The lowest BCUT2D eigenvalue weighted by Gasteiger charge is -2.34. The lowest BCUT2D eigenvalue weighted by molar-refractivity contribution is -0.0203. The van der Waals surface area contributed by atoms with Crippen LogP contribution in [0, 0.1) is 0 Å². The van der Waals surface area contributed by atoms with Crippen molar-refractivity contribution in [1.82, 2.24) is 15.1 Å². The van der Waals surface area contributed by atoms with E-state index in [0.717, 1.165) is 32.8 Å². The highest BCUT2D eigenvalue weighted by Gasteiger charge is 2.23. The summed E-state index contributed by atoms with van der Waals surface area (Å²) in [4.78, 5) is 4.64. The van der Waals surface area contributed by atoms with Gasteiger partial charge in [-0.1, -0.05) is 0 Å². The van der Waals surface area contributed by atoms with Gasteiger partial charge >= 0.3 is 0 Å². The van der Waals surface area contributed by atoms with Crippen LogP contribution in [-0.4, -0.2) is 75.9 Å². The third-order valence-corrected chi connectivity index (χ3v) is 3.31. The Labute approximate surface area is 99.9 Å². The molecule has 0 saturated carbocycles. The van der Waals surface area contributed by atoms with Gasteiger partial charge in [0.1, 0.15) is 0 Å². The molecule has 1 aliphatic rings. The molecule has 0 aliphatic carbocycles. The van der Waals surface area contributed by atoms with Gasteiger partial charge in [0, 0.05) is 19.1 Å². The Morgan fingerprint density at radius 3 is 2.62 bits per heavy atom. The molecule has 0 aromatic heterocycles. The van der Waals surface area contributed by atoms with E-state index in [1.165, 1.54) is 6.42 Å². The highest BCUT2D eigenvalue weighted by Crippen LogP contribution is 2.08. The number of nitrogens with zero attached hydrogens (tertiary/aromatic N) is 2. The number of rotatable bonds is 6. The van der Waals surface area contributed by atoms with Gasteiger partial charge in [-0.05, 0) is 47.6 Å². The van der Waals surface area contributed by atoms with Crippen molar-refractivity contribution in [2.75, 3.05) is 53.9 Å². The van der Waals surface area contributed by atoms with Gasteiger partial charge in [0.2, 0.25) is 0 Å². The minimum Gasteiger partial charge on any atom is -0.374 e. The molecular weight excluding hydrogens is 202 g/mol. The lowest BCUT2D eigenvalue weighted by Crippen LogP contribution is -2.50. The van der Waals surface area contributed by atoms with E-state index in [-0.39, 0.29) is 0 Å². The number of likely N-dealkylation sites (N-methyl/N-ethyl adjacent to an activating group) is 1. The number of hydrogen-bond acceptors (Lipinski definition) is 4. The van der Waals surface area contributed by atoms with Gasteiger partial charge < -0.3 is 19.9 Å². The monoisotopic (exact) mass is 229 g/mol. The van der Waals surface area contributed by atoms with Gasteiger partial charge in [-0.3, -0.25) is 0 Å². The fourth-order valence-corrected chi connectivity index (χ4v) is 2.02. The molecule has 0 radical (unpaired) electrons. The molecular formula is C12H27N3O. The first-order valence-corrected chi connectivity index (χ1v) is 6.28. The van der Waals surface area contributed by atoms with E-state index in [9.17, 15) is 0 Å². The van der Waals surface area contributed by atoms with E-state index in [4.69, 9.17) is 4.74 Å². The van der Waals surface area contributed by atoms with Crippen LogP contribution < -0.4 is 5.32 Å². The summed E-state index contributed by atoms with van der Waals surface area (Å²) in [6.07, 6.45) is 1.56. The normalized spacial score (nSPS) is 24.0. The van der Waals surface area contributed by atoms with Crippen molar-refractivity contribution < 1.29 is 4.74 Å². The Bertz CT molecular complexity index is 181. The Balaban J connectivity index is 2.20. The molecule has 1 N–H and O–H groups in total. The van der Waals surface area contributed by atoms with E-state index in [1.54, 1.807) is 0 Å². The highest BCUT2D eigenvalue weighted by molar-refractivity contribution is 4.79. The van der Waals surface area contributed by atoms with Crippen LogP contribution in [-0.2, 0) is 4.74 Å². The summed E-state index contributed by atoms with van der Waals surface area (Å²) in [5.74, 6) is 0. The molecule has 0 aromatic rings. The first-order valence-electron chi connectivity index (χ1n) is 6.28. The zero-order valence-electron chi connectivity index (χ0n) is 11.2. The van der Waals surface area contributed by atoms with E-state index < -0.39 is 0 Å². The Kier molecular flexibility index (Phi) is 6.28. The van der Waals surface area contributed by atoms with Crippen LogP contribution in [0.2, 0.25) is 0 Å². The van der Waals surface area contributed by atoms with E-state index in [1.807, 2.05) is 0 Å². The summed E-state index contributed by atoms with van der Waals surface area (Å²) in [6, 6.07) is 0.495. The first kappa shape index (κ1) is 13.9. The van der Waals surface area contributed by atoms with E-state index in [2.05, 4.69) is 43.2 Å². The molecule has 16 heavy (non-hydrogen) atoms. The summed E-state index contributed by atoms with van der Waals surface area (Å²) in [6.45, 7) is 7.38. The van der Waals surface area contributed by atoms with Crippen molar-refractivity contribution >= 4 is 0 Å². The van der Waals surface area contributed by atoms with Crippen molar-refractivity contribution in [3.8, 4) is 0 Å². The average molecular weight is 229 g/mol. The molecule has 0 bridgehead atoms. The topological polar surface area (TPSA) is 27.7 Å². The molecule has 1 rings (SSSR count). The molecule has 0 amide bonds. The van der Waals surface area contributed by atoms with Crippen LogP contribution in [0.15, 0.2) is 0 Å². The predicted octanol–water partition coefficient (Wildman–Crippen LogP) is 0.247. The molecule has 1 heterocycles. The van der Waals surface area contributed by atoms with Gasteiger partial charge in [0.15, 0.2) is 0 Å². The van der Waals surface area contributed by atoms with Crippen molar-refractivity contribution in [1.29, 1.82) is 0 Å². The van der Waals surface area contributed by atoms with Crippen molar-refractivity contribution in [2.24, 2.45) is 0 Å². The summed E-state index contributed by atoms with van der Waals surface area (Å²) < 4.78 is 5.77. The summed E-state index contributed by atoms with van der Waals surface area (Å²) in [5.41, 5.74) is 0. The smallest absolute Gasteiger partial charge is 0.0852 e. The zero-order chi connectivity index (χ0) is 12.0. The number of nitrogens with one attached hydrogen (secondary N) is 1. The van der Waals surface area contributed by atoms with Crippen LogP contribution in [0.5, 0.6) is 0 Å². The molecule has 2 unspecified atom stereocenters. The fraction of sp³-hybridized carbons (Fsp3) is 1.00. The lowest BCUT2D eigenvalue weighted by atomic mass is 10.1. The molecule has 4 nitrogen and oxygen atoms in total. The van der Waals surface area contributed by atoms with Gasteiger partial charge in [-0.15, -0.1) is 0 Å². The molecule has 0 spiro atoms. The van der Waals surface area contributed by atoms with Gasteiger partial charge in [0.05, 0.1) is 12.7 Å². The second-order valence-electron chi connectivity index (χ2n) is 4.99. The minimum atomic E-state index is 0.345. The molecule has 1 saturated heterocycles. The minimum absolute atomic E-state index is 0.345. The number of ether oxygens (including phenoxy) is 1. The van der Waals surface area contributed by atoms with Crippen LogP contribution in [0.25, 0.3) is 0 Å². The Hall–Kier alpha value is -0.160. The molecule has 0 aromatic carbocycles. The maximum Gasteiger partial charge on any atom is 0.0852 e. The third-order valence-electron chi connectivity index (χ3n) is 3.31. The van der Waals surface area contributed by atoms with Gasteiger partial charge in [-0.25, -0.2) is 0 Å². The van der Waals surface area contributed by atoms with Crippen LogP contribution in [0.3, 0.4) is 0 Å². The second kappa shape index (κ2) is 7.22. The Morgan fingerprint density at radius 2 is 2.06 bits per heavy atom. The average Bonchev–Trinajstić information content (AvgIpc) is 2.28. The maximum atomic E-state index is 5.77. The zero-order valence-corrected chi connectivity index (χ0v) is 11.2. The van der Waals surface area contributed by atoms with Crippen molar-refractivity contribution in [2.45, 2.75) is 25.5 Å². The molecule has 4 heteroatoms. The molecule has 1 aliphatic heterocycles.